The molecule has 1 fully saturated rings. The van der Waals surface area contributed by atoms with Gasteiger partial charge in [0, 0.05) is 26.0 Å². The van der Waals surface area contributed by atoms with Crippen LogP contribution in [0.4, 0.5) is 26.1 Å². The van der Waals surface area contributed by atoms with Crippen molar-refractivity contribution in [3.8, 4) is 11.6 Å². The smallest absolute Gasteiger partial charge is 0.304 e. The molecule has 0 atom stereocenters. The summed E-state index contributed by atoms with van der Waals surface area (Å²) in [6.45, 7) is 2.06. The number of carbonyl (C=O) groups is 1. The second-order valence-corrected chi connectivity index (χ2v) is 6.20. The number of nitrogens with one attached hydrogen (secondary N) is 2. The molecule has 0 aromatic carbocycles. The number of hydrogen-bond acceptors (Lipinski definition) is 7. The molecule has 144 valence electrons. The Hall–Kier alpha value is -3.04. The first-order chi connectivity index (χ1) is 12.7. The number of nitrogens with zero attached hydrogens (tertiary/aromatic N) is 3. The van der Waals surface area contributed by atoms with Crippen molar-refractivity contribution in [2.45, 2.75) is 38.7 Å². The van der Waals surface area contributed by atoms with Gasteiger partial charge in [-0.05, 0) is 12.8 Å². The minimum atomic E-state index is -3.23. The minimum Gasteiger partial charge on any atom is -0.493 e. The average molecular weight is 379 g/mol. The summed E-state index contributed by atoms with van der Waals surface area (Å²) in [6.07, 6.45) is 3.12. The lowest BCUT2D eigenvalue weighted by atomic mass is 10.3. The van der Waals surface area contributed by atoms with Crippen molar-refractivity contribution in [3.05, 3.63) is 24.2 Å². The third-order valence-corrected chi connectivity index (χ3v) is 3.56. The highest BCUT2D eigenvalue weighted by Gasteiger charge is 2.31. The van der Waals surface area contributed by atoms with Gasteiger partial charge in [-0.15, -0.1) is 0 Å². The molecule has 3 rings (SSSR count). The van der Waals surface area contributed by atoms with E-state index >= 15 is 0 Å². The summed E-state index contributed by atoms with van der Waals surface area (Å²) in [7, 11) is 1.44. The summed E-state index contributed by atoms with van der Waals surface area (Å²) in [6, 6.07) is 2.94. The number of ether oxygens (including phenoxy) is 2. The molecule has 0 aliphatic heterocycles. The Kier molecular flexibility index (Phi) is 5.06. The monoisotopic (exact) mass is 379 g/mol. The zero-order chi connectivity index (χ0) is 19.6. The lowest BCUT2D eigenvalue weighted by Crippen LogP contribution is -2.15. The molecule has 10 heteroatoms. The Morgan fingerprint density at radius 2 is 2.00 bits per heavy atom. The number of halogens is 2. The third kappa shape index (κ3) is 4.99. The average Bonchev–Trinajstić information content (AvgIpc) is 3.37. The van der Waals surface area contributed by atoms with Crippen molar-refractivity contribution < 1.29 is 23.0 Å². The molecule has 1 aliphatic rings. The van der Waals surface area contributed by atoms with E-state index in [-0.39, 0.29) is 29.5 Å². The van der Waals surface area contributed by atoms with Gasteiger partial charge in [0.2, 0.25) is 17.6 Å². The highest BCUT2D eigenvalue weighted by Crippen LogP contribution is 2.33. The quantitative estimate of drug-likeness (QED) is 0.762. The normalized spacial score (nSPS) is 13.8. The first-order valence-electron chi connectivity index (χ1n) is 8.27. The van der Waals surface area contributed by atoms with Crippen molar-refractivity contribution in [1.82, 2.24) is 15.0 Å². The molecular formula is C17H19F2N5O3. The van der Waals surface area contributed by atoms with Crippen LogP contribution in [0.1, 0.15) is 32.5 Å². The van der Waals surface area contributed by atoms with Gasteiger partial charge in [0.05, 0.1) is 19.0 Å². The first-order valence-corrected chi connectivity index (χ1v) is 8.27. The topological polar surface area (TPSA) is 98.3 Å². The van der Waals surface area contributed by atoms with Crippen LogP contribution in [0.5, 0.6) is 11.6 Å². The molecule has 27 heavy (non-hydrogen) atoms. The molecule has 2 aromatic heterocycles. The fraction of sp³-hybridized carbons (Fsp3) is 0.412. The molecule has 8 nitrogen and oxygen atoms in total. The van der Waals surface area contributed by atoms with Crippen LogP contribution in [0.3, 0.4) is 0 Å². The van der Waals surface area contributed by atoms with E-state index in [4.69, 9.17) is 9.47 Å². The van der Waals surface area contributed by atoms with Crippen LogP contribution < -0.4 is 20.1 Å². The van der Waals surface area contributed by atoms with Gasteiger partial charge in [-0.2, -0.15) is 13.8 Å². The minimum absolute atomic E-state index is 0.00657. The van der Waals surface area contributed by atoms with Crippen molar-refractivity contribution in [1.29, 1.82) is 0 Å². The van der Waals surface area contributed by atoms with E-state index < -0.39 is 11.7 Å². The largest absolute Gasteiger partial charge is 0.493 e. The number of aromatic nitrogens is 3. The summed E-state index contributed by atoms with van der Waals surface area (Å²) in [5.74, 6) is -3.39. The molecule has 0 spiro atoms. The summed E-state index contributed by atoms with van der Waals surface area (Å²) in [4.78, 5) is 22.9. The highest BCUT2D eigenvalue weighted by atomic mass is 19.3. The standard InChI is InChI=1S/C17H19F2N5O3/c1-9(25)21-13-6-11(12(26-3)8-20-13)22-14-7-15(27-10-4-5-10)24-16(23-14)17(2,18)19/h6-8,10H,4-5H2,1-3H3,(H2,20,21,22,23,24,25). The Morgan fingerprint density at radius 3 is 2.59 bits per heavy atom. The number of anilines is 3. The third-order valence-electron chi connectivity index (χ3n) is 3.56. The lowest BCUT2D eigenvalue weighted by molar-refractivity contribution is -0.114. The van der Waals surface area contributed by atoms with Gasteiger partial charge in [-0.1, -0.05) is 0 Å². The van der Waals surface area contributed by atoms with E-state index in [1.54, 1.807) is 0 Å². The zero-order valence-electron chi connectivity index (χ0n) is 15.0. The number of pyridine rings is 1. The maximum atomic E-state index is 13.8. The summed E-state index contributed by atoms with van der Waals surface area (Å²) < 4.78 is 38.3. The number of rotatable bonds is 7. The lowest BCUT2D eigenvalue weighted by Gasteiger charge is -2.15. The maximum Gasteiger partial charge on any atom is 0.304 e. The molecule has 0 bridgehead atoms. The summed E-state index contributed by atoms with van der Waals surface area (Å²) in [5, 5.41) is 5.44. The molecule has 2 heterocycles. The van der Waals surface area contributed by atoms with Crippen LogP contribution in [0, 0.1) is 0 Å². The molecular weight excluding hydrogens is 360 g/mol. The van der Waals surface area contributed by atoms with Crippen LogP contribution in [0.2, 0.25) is 0 Å². The van der Waals surface area contributed by atoms with Crippen molar-refractivity contribution in [3.63, 3.8) is 0 Å². The van der Waals surface area contributed by atoms with Gasteiger partial charge in [0.25, 0.3) is 0 Å². The van der Waals surface area contributed by atoms with Crippen molar-refractivity contribution >= 4 is 23.2 Å². The summed E-state index contributed by atoms with van der Waals surface area (Å²) in [5.41, 5.74) is 0.387. The molecule has 0 saturated heterocycles. The summed E-state index contributed by atoms with van der Waals surface area (Å²) >= 11 is 0. The van der Waals surface area contributed by atoms with Gasteiger partial charge < -0.3 is 20.1 Å². The van der Waals surface area contributed by atoms with E-state index in [2.05, 4.69) is 25.6 Å². The van der Waals surface area contributed by atoms with Gasteiger partial charge in [0.1, 0.15) is 17.7 Å². The molecule has 0 unspecified atom stereocenters. The second-order valence-electron chi connectivity index (χ2n) is 6.20. The fourth-order valence-corrected chi connectivity index (χ4v) is 2.19. The van der Waals surface area contributed by atoms with Crippen LogP contribution in [0.15, 0.2) is 18.3 Å². The number of carbonyl (C=O) groups excluding carboxylic acids is 1. The van der Waals surface area contributed by atoms with Crippen LogP contribution >= 0.6 is 0 Å². The number of hydrogen-bond donors (Lipinski definition) is 2. The van der Waals surface area contributed by atoms with Crippen LogP contribution in [-0.4, -0.2) is 34.1 Å². The van der Waals surface area contributed by atoms with Crippen LogP contribution in [0.25, 0.3) is 0 Å². The van der Waals surface area contributed by atoms with E-state index in [9.17, 15) is 13.6 Å². The number of amides is 1. The molecule has 2 N–H and O–H groups in total. The molecule has 1 saturated carbocycles. The molecule has 2 aromatic rings. The predicted octanol–water partition coefficient (Wildman–Crippen LogP) is 3.24. The second kappa shape index (κ2) is 7.29. The van der Waals surface area contributed by atoms with Crippen molar-refractivity contribution in [2.75, 3.05) is 17.7 Å². The first kappa shape index (κ1) is 18.7. The van der Waals surface area contributed by atoms with Gasteiger partial charge in [0.15, 0.2) is 5.75 Å². The van der Waals surface area contributed by atoms with E-state index in [0.717, 1.165) is 19.8 Å². The maximum absolute atomic E-state index is 13.8. The molecule has 1 amide bonds. The van der Waals surface area contributed by atoms with E-state index in [1.807, 2.05) is 0 Å². The number of alkyl halides is 2. The SMILES string of the molecule is COc1cnc(NC(C)=O)cc1Nc1cc(OC2CC2)nc(C(C)(F)F)n1. The van der Waals surface area contributed by atoms with E-state index in [1.165, 1.54) is 32.4 Å². The highest BCUT2D eigenvalue weighted by molar-refractivity contribution is 5.88. The fourth-order valence-electron chi connectivity index (χ4n) is 2.19. The molecule has 1 aliphatic carbocycles. The Morgan fingerprint density at radius 1 is 1.26 bits per heavy atom. The zero-order valence-corrected chi connectivity index (χ0v) is 15.0. The Balaban J connectivity index is 1.94. The van der Waals surface area contributed by atoms with Crippen LogP contribution in [-0.2, 0) is 10.7 Å². The predicted molar refractivity (Wildman–Crippen MR) is 93.6 cm³/mol. The van der Waals surface area contributed by atoms with E-state index in [0.29, 0.717) is 11.4 Å². The number of methoxy groups -OCH3 is 1. The Labute approximate surface area is 154 Å². The van der Waals surface area contributed by atoms with Gasteiger partial charge in [-0.3, -0.25) is 4.79 Å². The van der Waals surface area contributed by atoms with Gasteiger partial charge >= 0.3 is 5.92 Å². The van der Waals surface area contributed by atoms with Gasteiger partial charge in [-0.25, -0.2) is 9.97 Å². The Bertz CT molecular complexity index is 853. The van der Waals surface area contributed by atoms with Crippen molar-refractivity contribution in [2.24, 2.45) is 0 Å². The molecule has 0 radical (unpaired) electrons.